The van der Waals surface area contributed by atoms with Crippen molar-refractivity contribution < 1.29 is 262 Å². The maximum absolute atomic E-state index is 13.3. The van der Waals surface area contributed by atoms with Gasteiger partial charge in [0.2, 0.25) is 23.6 Å². The standard InChI is InChI=1S/C71H120N4O53/c1-17-37(92)47(102)50(105)65(113-17)127-61-49(104)40(95)26(10-79)116-69(61)124-57-36(75-21(5)87)64(114-27(11-80)42(57)97)126-60-44(99)31(119-68(53(60)108)121-54(25(91)9-78)38(93)23(89)7-76)15-111-62-34(73-19(3)85)45(100)55(29(13-82)117-62)123-67-52(107)59(43(98)28(12-81)115-67)125-63-35(74-20(4)86)46(101)56(30(14-83)118-63)122-66-51(106)48(103)41(96)32(120-66)16-112-71(70(109)110)6-22(88)33(72-18(2)84)58(128-71)39(94)24(90)8-77/h17,22-69,76-83,88-108H,6-16H2,1-5H3,(H,72,84)(H,73,85)(H,74,86)(H,75,87)(H,109,110)/t17-,22-,23-,24+,25+,26+,27+,28+,29+,30+,31+,32+,33+,34+,35+,36+,37+,38+,39+,40-,41-,42+,43-,44-,45+,46+,47+,48-,49-,50-,51+,52+,53+,54+,55+,56+,57+,58+,59-,60-,61+,62+,63-,64-,65-,66-,67-,68-,69-,71+/m0/s1. The van der Waals surface area contributed by atoms with Gasteiger partial charge in [-0.25, -0.2) is 4.79 Å². The van der Waals surface area contributed by atoms with Gasteiger partial charge in [-0.15, -0.1) is 0 Å². The number of aliphatic carboxylic acids is 1. The summed E-state index contributed by atoms with van der Waals surface area (Å²) in [6.07, 6.45) is -97.6. The molecular formula is C71H120N4O53. The number of ether oxygens (including phenoxy) is 18. The first-order valence-electron chi connectivity index (χ1n) is 40.6. The second kappa shape index (κ2) is 46.8. The summed E-state index contributed by atoms with van der Waals surface area (Å²) in [5, 5.41) is 340. The number of carboxylic acid groups (broad SMARTS) is 1. The Kier molecular flexibility index (Phi) is 39.2. The van der Waals surface area contributed by atoms with E-state index in [4.69, 9.17) is 85.3 Å². The molecule has 9 heterocycles. The van der Waals surface area contributed by atoms with Crippen LogP contribution in [0.2, 0.25) is 0 Å². The number of carbonyl (C=O) groups excluding carboxylic acids is 4. The smallest absolute Gasteiger partial charge is 0.364 e. The topological polar surface area (TPSA) is 907 Å². The van der Waals surface area contributed by atoms with Crippen LogP contribution in [0.15, 0.2) is 0 Å². The van der Waals surface area contributed by atoms with Gasteiger partial charge in [0.05, 0.1) is 84.3 Å². The predicted octanol–water partition coefficient (Wildman–Crippen LogP) is -22.4. The lowest BCUT2D eigenvalue weighted by Crippen LogP contribution is -2.70. The molecule has 57 nitrogen and oxygen atoms in total. The Balaban J connectivity index is 0.943. The summed E-state index contributed by atoms with van der Waals surface area (Å²) < 4.78 is 106. The fraction of sp³-hybridized carbons (Fsp3) is 0.930. The highest BCUT2D eigenvalue weighted by Crippen LogP contribution is 2.41. The molecule has 9 rings (SSSR count). The number of carboxylic acids is 1. The van der Waals surface area contributed by atoms with Crippen LogP contribution in [-0.4, -0.2) is 555 Å². The monoisotopic (exact) mass is 1880 g/mol. The zero-order valence-electron chi connectivity index (χ0n) is 68.9. The van der Waals surface area contributed by atoms with Gasteiger partial charge < -0.3 is 260 Å². The summed E-state index contributed by atoms with van der Waals surface area (Å²) in [7, 11) is 0. The number of amides is 4. The van der Waals surface area contributed by atoms with Gasteiger partial charge >= 0.3 is 5.97 Å². The van der Waals surface area contributed by atoms with E-state index < -0.39 is 408 Å². The first-order valence-corrected chi connectivity index (χ1v) is 40.6. The molecule has 742 valence electrons. The summed E-state index contributed by atoms with van der Waals surface area (Å²) in [4.78, 5) is 64.4. The zero-order chi connectivity index (χ0) is 95.0. The Hall–Kier alpha value is -4.53. The van der Waals surface area contributed by atoms with Crippen LogP contribution in [0.5, 0.6) is 0 Å². The van der Waals surface area contributed by atoms with Crippen molar-refractivity contribution in [3.63, 3.8) is 0 Å². The van der Waals surface area contributed by atoms with Crippen molar-refractivity contribution >= 4 is 29.6 Å². The van der Waals surface area contributed by atoms with Gasteiger partial charge in [-0.3, -0.25) is 19.2 Å². The van der Waals surface area contributed by atoms with Crippen LogP contribution >= 0.6 is 0 Å². The van der Waals surface area contributed by atoms with Crippen LogP contribution in [0.1, 0.15) is 41.0 Å². The van der Waals surface area contributed by atoms with Gasteiger partial charge in [-0.1, -0.05) is 0 Å². The Labute approximate surface area is 724 Å². The Morgan fingerprint density at radius 3 is 1.24 bits per heavy atom. The van der Waals surface area contributed by atoms with Gasteiger partial charge in [-0.05, 0) is 6.92 Å². The number of aliphatic hydroxyl groups excluding tert-OH is 29. The van der Waals surface area contributed by atoms with E-state index >= 15 is 0 Å². The van der Waals surface area contributed by atoms with E-state index in [2.05, 4.69) is 21.3 Å². The van der Waals surface area contributed by atoms with E-state index in [9.17, 15) is 177 Å². The molecule has 9 saturated heterocycles. The van der Waals surface area contributed by atoms with Crippen LogP contribution in [0, 0.1) is 0 Å². The highest BCUT2D eigenvalue weighted by molar-refractivity contribution is 5.77. The van der Waals surface area contributed by atoms with Crippen molar-refractivity contribution in [1.82, 2.24) is 21.3 Å². The van der Waals surface area contributed by atoms with Gasteiger partial charge in [0.1, 0.15) is 232 Å². The number of nitrogens with one attached hydrogen (secondary N) is 4. The zero-order valence-corrected chi connectivity index (χ0v) is 68.9. The number of rotatable bonds is 38. The van der Waals surface area contributed by atoms with Crippen molar-refractivity contribution in [2.75, 3.05) is 66.1 Å². The molecule has 128 heavy (non-hydrogen) atoms. The van der Waals surface area contributed by atoms with E-state index in [0.717, 1.165) is 27.7 Å². The van der Waals surface area contributed by atoms with E-state index in [1.807, 2.05) is 0 Å². The predicted molar refractivity (Wildman–Crippen MR) is 394 cm³/mol. The van der Waals surface area contributed by atoms with Gasteiger partial charge in [0.25, 0.3) is 5.79 Å². The molecule has 0 aromatic heterocycles. The quantitative estimate of drug-likeness (QED) is 0.0273. The molecule has 34 N–H and O–H groups in total. The average molecular weight is 1880 g/mol. The molecule has 0 spiro atoms. The van der Waals surface area contributed by atoms with Crippen LogP contribution in [0.4, 0.5) is 0 Å². The second-order valence-corrected chi connectivity index (χ2v) is 32.2. The third-order valence-corrected chi connectivity index (χ3v) is 23.0. The summed E-state index contributed by atoms with van der Waals surface area (Å²) >= 11 is 0. The molecule has 57 heteroatoms. The fourth-order valence-electron chi connectivity index (χ4n) is 16.1. The molecule has 9 aliphatic rings. The highest BCUT2D eigenvalue weighted by atomic mass is 16.8. The van der Waals surface area contributed by atoms with Crippen molar-refractivity contribution in [3.05, 3.63) is 0 Å². The third kappa shape index (κ3) is 24.1. The molecule has 0 unspecified atom stereocenters. The largest absolute Gasteiger partial charge is 0.477 e. The lowest BCUT2D eigenvalue weighted by molar-refractivity contribution is -0.389. The molecule has 4 amide bonds. The summed E-state index contributed by atoms with van der Waals surface area (Å²) in [6.45, 7) is -7.04. The molecule has 0 radical (unpaired) electrons. The van der Waals surface area contributed by atoms with E-state index in [1.54, 1.807) is 0 Å². The molecule has 0 bridgehead atoms. The Bertz CT molecular complexity index is 3480. The number of hydrogen-bond acceptors (Lipinski definition) is 52. The maximum atomic E-state index is 13.3. The minimum atomic E-state index is -3.07. The van der Waals surface area contributed by atoms with Crippen molar-refractivity contribution in [2.24, 2.45) is 0 Å². The number of carbonyl (C=O) groups is 5. The maximum Gasteiger partial charge on any atom is 0.364 e. The van der Waals surface area contributed by atoms with Gasteiger partial charge in [0, 0.05) is 34.1 Å². The number of aliphatic hydroxyl groups is 29. The first-order chi connectivity index (χ1) is 60.3. The molecule has 0 saturated carbocycles. The molecule has 0 aromatic carbocycles. The van der Waals surface area contributed by atoms with Gasteiger partial charge in [-0.2, -0.15) is 0 Å². The summed E-state index contributed by atoms with van der Waals surface area (Å²) in [5.74, 6) is -8.94. The highest BCUT2D eigenvalue weighted by Gasteiger charge is 2.63. The van der Waals surface area contributed by atoms with Crippen LogP contribution in [-0.2, 0) is 109 Å². The SMILES string of the molecule is CC(=O)N[C@H]1[C@H](O[C@H]2[C@@H](O)[C@@H](CO)O[C@@H](O[C@H]3[C@H](O)[C@@H](NC(C)=O)[C@H](OC[C@H]4O[C@@H](O[C@@H]([C@H](O)[C@@H](O)CO)[C@H](O)CO)[C@H](O)[C@@H](O[C@@H]5O[C@H](CO)[C@@H](O)[C@H](O[C@@H]6O[C@H](CO)[C@H](O)[C@H](O)[C@H]6O[C@@H]6O[C@@H](C)[C@@H](O)[C@@H](O)[C@@H]6O)[C@H]5NC(C)=O)[C@H]4O)O[C@@H]3CO)[C@@H]2O)O[C@H](CO)[C@@H](O[C@@H]2O[C@H](CO[C@]3(C(=O)O)C[C@H](O)[C@@H](NC(C)=O)[C@H]([C@H](O)[C@H](O)CO)O3)[C@H](O)[C@H](O)[C@H]2O)[C@@H]1O. The van der Waals surface area contributed by atoms with Crippen molar-refractivity contribution in [3.8, 4) is 0 Å². The van der Waals surface area contributed by atoms with Crippen molar-refractivity contribution in [2.45, 2.75) is 347 Å². The van der Waals surface area contributed by atoms with Crippen LogP contribution in [0.25, 0.3) is 0 Å². The first kappa shape index (κ1) is 107. The molecule has 0 aromatic rings. The number of hydrogen-bond donors (Lipinski definition) is 34. The molecule has 9 aliphatic heterocycles. The summed E-state index contributed by atoms with van der Waals surface area (Å²) in [5.41, 5.74) is 0. The molecular weight excluding hydrogens is 1760 g/mol. The van der Waals surface area contributed by atoms with E-state index in [-0.39, 0.29) is 0 Å². The lowest BCUT2D eigenvalue weighted by atomic mass is 9.88. The lowest BCUT2D eigenvalue weighted by Gasteiger charge is -2.51. The second-order valence-electron chi connectivity index (χ2n) is 32.2. The van der Waals surface area contributed by atoms with Gasteiger partial charge in [0.15, 0.2) is 50.3 Å². The third-order valence-electron chi connectivity index (χ3n) is 23.0. The Morgan fingerprint density at radius 2 is 0.727 bits per heavy atom. The fourth-order valence-corrected chi connectivity index (χ4v) is 16.1. The summed E-state index contributed by atoms with van der Waals surface area (Å²) in [6, 6.07) is -7.67. The van der Waals surface area contributed by atoms with Crippen molar-refractivity contribution in [1.29, 1.82) is 0 Å². The van der Waals surface area contributed by atoms with E-state index in [0.29, 0.717) is 0 Å². The molecule has 50 atom stereocenters. The van der Waals surface area contributed by atoms with Crippen LogP contribution < -0.4 is 21.3 Å². The van der Waals surface area contributed by atoms with Crippen LogP contribution in [0.3, 0.4) is 0 Å². The molecule has 0 aliphatic carbocycles. The minimum Gasteiger partial charge on any atom is -0.477 e. The Morgan fingerprint density at radius 1 is 0.352 bits per heavy atom. The van der Waals surface area contributed by atoms with E-state index in [1.165, 1.54) is 6.92 Å². The molecule has 9 fully saturated rings. The normalized spacial score (nSPS) is 45.8. The minimum absolute atomic E-state index is 0.834. The average Bonchev–Trinajstić information content (AvgIpc) is 0.766.